The van der Waals surface area contributed by atoms with Gasteiger partial charge in [-0.15, -0.1) is 0 Å². The summed E-state index contributed by atoms with van der Waals surface area (Å²) in [5.41, 5.74) is 0.830. The lowest BCUT2D eigenvalue weighted by Gasteiger charge is -2.14. The van der Waals surface area contributed by atoms with Crippen molar-refractivity contribution in [3.05, 3.63) is 53.2 Å². The Bertz CT molecular complexity index is 1100. The molecule has 0 radical (unpaired) electrons. The summed E-state index contributed by atoms with van der Waals surface area (Å²) in [5, 5.41) is 22.4. The highest BCUT2D eigenvalue weighted by molar-refractivity contribution is 5.94. The molecular formula is C21H21F2N3O5. The number of Topliss-reactive ketones (excluding diaryl/α,β-unsaturated/α-hetero) is 1. The molecule has 0 fully saturated rings. The Kier molecular flexibility index (Phi) is 6.19. The van der Waals surface area contributed by atoms with E-state index >= 15 is 0 Å². The summed E-state index contributed by atoms with van der Waals surface area (Å²) >= 11 is 0. The second-order valence-corrected chi connectivity index (χ2v) is 7.00. The van der Waals surface area contributed by atoms with Crippen molar-refractivity contribution in [1.82, 2.24) is 14.7 Å². The molecule has 0 amide bonds. The number of rotatable bonds is 9. The summed E-state index contributed by atoms with van der Waals surface area (Å²) in [5.74, 6) is -6.68. The van der Waals surface area contributed by atoms with Crippen LogP contribution in [0.15, 0.2) is 35.2 Å². The van der Waals surface area contributed by atoms with Crippen LogP contribution in [-0.4, -0.2) is 42.6 Å². The molecule has 3 heterocycles. The predicted molar refractivity (Wildman–Crippen MR) is 105 cm³/mol. The second kappa shape index (κ2) is 8.66. The minimum atomic E-state index is -3.78. The topological polar surface area (TPSA) is 118 Å². The van der Waals surface area contributed by atoms with E-state index in [1.807, 2.05) is 0 Å². The van der Waals surface area contributed by atoms with E-state index in [1.54, 1.807) is 13.8 Å². The van der Waals surface area contributed by atoms with Crippen LogP contribution in [-0.2, 0) is 30.6 Å². The van der Waals surface area contributed by atoms with Gasteiger partial charge in [0.1, 0.15) is 17.2 Å². The van der Waals surface area contributed by atoms with E-state index in [0.717, 1.165) is 0 Å². The van der Waals surface area contributed by atoms with Crippen molar-refractivity contribution in [2.24, 2.45) is 0 Å². The van der Waals surface area contributed by atoms with Crippen LogP contribution in [0.5, 0.6) is 5.75 Å². The number of carbonyl (C=O) groups excluding carboxylic acids is 1. The number of halogens is 2. The molecule has 2 N–H and O–H groups in total. The van der Waals surface area contributed by atoms with Crippen LogP contribution in [0.1, 0.15) is 41.1 Å². The highest BCUT2D eigenvalue weighted by Gasteiger charge is 2.41. The lowest BCUT2D eigenvalue weighted by Crippen LogP contribution is -2.33. The molecule has 3 rings (SSSR count). The number of pyridine rings is 1. The first-order chi connectivity index (χ1) is 14.7. The highest BCUT2D eigenvalue weighted by atomic mass is 19.3. The number of carbonyl (C=O) groups is 2. The molecule has 0 bridgehead atoms. The minimum Gasteiger partial charge on any atom is -0.506 e. The van der Waals surface area contributed by atoms with E-state index in [1.165, 1.54) is 35.3 Å². The van der Waals surface area contributed by atoms with Gasteiger partial charge in [-0.3, -0.25) is 9.78 Å². The van der Waals surface area contributed by atoms with Gasteiger partial charge in [0.2, 0.25) is 5.78 Å². The standard InChI is InChI=1S/C21H21F2N3O5/c1-3-14-17(31-25-19(14)16-6-5-13(27)9-24-16)8-21(22,23)18(28)7-12-10-26(4-2)11-15(12)20(29)30/h5-6,9-11,27H,3-4,7-8H2,1-2H3,(H,29,30). The smallest absolute Gasteiger partial charge is 0.337 e. The van der Waals surface area contributed by atoms with E-state index in [2.05, 4.69) is 10.1 Å². The Hall–Kier alpha value is -3.56. The zero-order valence-corrected chi connectivity index (χ0v) is 16.9. The van der Waals surface area contributed by atoms with Gasteiger partial charge in [0.25, 0.3) is 0 Å². The number of aromatic carboxylic acids is 1. The lowest BCUT2D eigenvalue weighted by molar-refractivity contribution is -0.142. The van der Waals surface area contributed by atoms with Gasteiger partial charge in [-0.2, -0.15) is 8.78 Å². The van der Waals surface area contributed by atoms with Gasteiger partial charge in [-0.1, -0.05) is 12.1 Å². The third-order valence-corrected chi connectivity index (χ3v) is 4.91. The molecule has 0 atom stereocenters. The molecule has 3 aromatic rings. The van der Waals surface area contributed by atoms with Crippen molar-refractivity contribution in [1.29, 1.82) is 0 Å². The molecule has 0 spiro atoms. The molecule has 8 nitrogen and oxygen atoms in total. The Balaban J connectivity index is 1.83. The molecular weight excluding hydrogens is 412 g/mol. The maximum absolute atomic E-state index is 14.8. The maximum Gasteiger partial charge on any atom is 0.337 e. The summed E-state index contributed by atoms with van der Waals surface area (Å²) in [6.07, 6.45) is 2.48. The molecule has 3 aromatic heterocycles. The molecule has 0 saturated carbocycles. The van der Waals surface area contributed by atoms with Gasteiger partial charge >= 0.3 is 11.9 Å². The fraction of sp³-hybridized carbons (Fsp3) is 0.333. The zero-order chi connectivity index (χ0) is 22.8. The minimum absolute atomic E-state index is 0.0290. The van der Waals surface area contributed by atoms with Crippen molar-refractivity contribution in [2.75, 3.05) is 0 Å². The quantitative estimate of drug-likeness (QED) is 0.530. The van der Waals surface area contributed by atoms with Crippen LogP contribution in [0.2, 0.25) is 0 Å². The second-order valence-electron chi connectivity index (χ2n) is 7.00. The van der Waals surface area contributed by atoms with E-state index in [-0.39, 0.29) is 28.3 Å². The predicted octanol–water partition coefficient (Wildman–Crippen LogP) is 3.51. The van der Waals surface area contributed by atoms with E-state index in [9.17, 15) is 28.6 Å². The van der Waals surface area contributed by atoms with Gasteiger partial charge in [-0.25, -0.2) is 4.79 Å². The van der Waals surface area contributed by atoms with Gasteiger partial charge in [-0.05, 0) is 31.0 Å². The number of hydrogen-bond acceptors (Lipinski definition) is 6. The Morgan fingerprint density at radius 2 is 1.97 bits per heavy atom. The SMILES string of the molecule is CCc1c(-c2ccc(O)cn2)noc1CC(F)(F)C(=O)Cc1cn(CC)cc1C(=O)O. The first kappa shape index (κ1) is 22.1. The normalized spacial score (nSPS) is 11.6. The van der Waals surface area contributed by atoms with E-state index in [0.29, 0.717) is 24.2 Å². The zero-order valence-electron chi connectivity index (χ0n) is 16.9. The highest BCUT2D eigenvalue weighted by Crippen LogP contribution is 2.31. The van der Waals surface area contributed by atoms with Gasteiger partial charge in [0.15, 0.2) is 0 Å². The van der Waals surface area contributed by atoms with Crippen molar-refractivity contribution >= 4 is 11.8 Å². The average Bonchev–Trinajstić information content (AvgIpc) is 3.32. The summed E-state index contributed by atoms with van der Waals surface area (Å²) < 4.78 is 36.1. The number of aromatic hydroxyl groups is 1. The number of alkyl halides is 2. The Labute approximate surface area is 176 Å². The Morgan fingerprint density at radius 1 is 1.23 bits per heavy atom. The van der Waals surface area contributed by atoms with Crippen molar-refractivity contribution < 1.29 is 33.1 Å². The number of aryl methyl sites for hydroxylation is 1. The maximum atomic E-state index is 14.8. The summed E-state index contributed by atoms with van der Waals surface area (Å²) in [6, 6.07) is 2.86. The first-order valence-electron chi connectivity index (χ1n) is 9.62. The van der Waals surface area contributed by atoms with Crippen molar-refractivity contribution in [3.63, 3.8) is 0 Å². The lowest BCUT2D eigenvalue weighted by atomic mass is 9.98. The molecule has 10 heteroatoms. The largest absolute Gasteiger partial charge is 0.506 e. The number of ketones is 1. The number of carboxylic acid groups (broad SMARTS) is 1. The number of carboxylic acids is 1. The van der Waals surface area contributed by atoms with Crippen LogP contribution >= 0.6 is 0 Å². The first-order valence-corrected chi connectivity index (χ1v) is 9.62. The number of hydrogen-bond donors (Lipinski definition) is 2. The summed E-state index contributed by atoms with van der Waals surface area (Å²) in [4.78, 5) is 27.7. The monoisotopic (exact) mass is 433 g/mol. The molecule has 0 aliphatic carbocycles. The molecule has 0 aliphatic rings. The average molecular weight is 433 g/mol. The fourth-order valence-electron chi connectivity index (χ4n) is 3.25. The fourth-order valence-corrected chi connectivity index (χ4v) is 3.25. The van der Waals surface area contributed by atoms with Crippen LogP contribution in [0.25, 0.3) is 11.4 Å². The molecule has 0 saturated heterocycles. The van der Waals surface area contributed by atoms with Gasteiger partial charge in [0.05, 0.1) is 23.9 Å². The van der Waals surface area contributed by atoms with Crippen LogP contribution in [0, 0.1) is 0 Å². The van der Waals surface area contributed by atoms with E-state index in [4.69, 9.17) is 4.52 Å². The third-order valence-electron chi connectivity index (χ3n) is 4.91. The van der Waals surface area contributed by atoms with Gasteiger partial charge < -0.3 is 19.3 Å². The van der Waals surface area contributed by atoms with Crippen molar-refractivity contribution in [3.8, 4) is 17.1 Å². The third kappa shape index (κ3) is 4.62. The molecule has 0 unspecified atom stereocenters. The molecule has 0 aromatic carbocycles. The summed E-state index contributed by atoms with van der Waals surface area (Å²) in [7, 11) is 0. The number of nitrogens with zero attached hydrogens (tertiary/aromatic N) is 3. The van der Waals surface area contributed by atoms with E-state index < -0.39 is 30.5 Å². The molecule has 164 valence electrons. The Morgan fingerprint density at radius 3 is 2.55 bits per heavy atom. The van der Waals surface area contributed by atoms with Crippen molar-refractivity contribution in [2.45, 2.75) is 45.6 Å². The molecule has 31 heavy (non-hydrogen) atoms. The molecule has 0 aliphatic heterocycles. The number of aromatic nitrogens is 3. The summed E-state index contributed by atoms with van der Waals surface area (Å²) in [6.45, 7) is 3.94. The van der Waals surface area contributed by atoms with Crippen LogP contribution < -0.4 is 0 Å². The van der Waals surface area contributed by atoms with Crippen LogP contribution in [0.4, 0.5) is 8.78 Å². The van der Waals surface area contributed by atoms with Crippen LogP contribution in [0.3, 0.4) is 0 Å². The van der Waals surface area contributed by atoms with Gasteiger partial charge in [0, 0.05) is 30.9 Å².